The Bertz CT molecular complexity index is 1260. The standard InChI is InChI=1S/C26H28N4O3S/c1-17-10-11-20-22(18(17)2)27-25(34-20)30(16-19-8-4-3-5-9-19)21(31)12-15-29-23(32)26(28-24(29)33)13-6-7-14-26/h3-5,8-11H,6-7,12-16H2,1-2H3,(H,28,33). The summed E-state index contributed by atoms with van der Waals surface area (Å²) in [4.78, 5) is 46.7. The van der Waals surface area contributed by atoms with E-state index in [4.69, 9.17) is 4.98 Å². The number of aryl methyl sites for hydroxylation is 2. The fourth-order valence-electron chi connectivity index (χ4n) is 4.90. The lowest BCUT2D eigenvalue weighted by atomic mass is 9.98. The molecule has 1 N–H and O–H groups in total. The maximum Gasteiger partial charge on any atom is 0.325 e. The number of hydrogen-bond acceptors (Lipinski definition) is 5. The van der Waals surface area contributed by atoms with Gasteiger partial charge in [0, 0.05) is 13.0 Å². The van der Waals surface area contributed by atoms with Gasteiger partial charge in [0.1, 0.15) is 5.54 Å². The average molecular weight is 477 g/mol. The highest BCUT2D eigenvalue weighted by Crippen LogP contribution is 2.36. The maximum atomic E-state index is 13.5. The quantitative estimate of drug-likeness (QED) is 0.523. The molecule has 1 spiro atoms. The van der Waals surface area contributed by atoms with E-state index in [-0.39, 0.29) is 30.8 Å². The predicted octanol–water partition coefficient (Wildman–Crippen LogP) is 4.70. The van der Waals surface area contributed by atoms with Gasteiger partial charge < -0.3 is 5.32 Å². The van der Waals surface area contributed by atoms with Gasteiger partial charge in [-0.15, -0.1) is 0 Å². The number of urea groups is 1. The number of nitrogens with zero attached hydrogens (tertiary/aromatic N) is 3. The number of carbonyl (C=O) groups excluding carboxylic acids is 3. The smallest absolute Gasteiger partial charge is 0.323 e. The largest absolute Gasteiger partial charge is 0.325 e. The lowest BCUT2D eigenvalue weighted by Crippen LogP contribution is -2.44. The third-order valence-electron chi connectivity index (χ3n) is 7.04. The molecule has 1 aliphatic carbocycles. The molecule has 1 aromatic heterocycles. The van der Waals surface area contributed by atoms with Crippen LogP contribution in [-0.2, 0) is 16.1 Å². The van der Waals surface area contributed by atoms with Crippen LogP contribution in [0.2, 0.25) is 0 Å². The molecular weight excluding hydrogens is 448 g/mol. The molecule has 3 aromatic rings. The van der Waals surface area contributed by atoms with Crippen molar-refractivity contribution in [1.29, 1.82) is 0 Å². The molecule has 2 heterocycles. The third kappa shape index (κ3) is 3.96. The van der Waals surface area contributed by atoms with Crippen LogP contribution in [0.1, 0.15) is 48.8 Å². The minimum atomic E-state index is -0.758. The second-order valence-electron chi connectivity index (χ2n) is 9.24. The van der Waals surface area contributed by atoms with E-state index in [0.29, 0.717) is 24.5 Å². The number of imide groups is 1. The lowest BCUT2D eigenvalue weighted by molar-refractivity contribution is -0.131. The first-order valence-corrected chi connectivity index (χ1v) is 12.5. The Morgan fingerprint density at radius 2 is 1.85 bits per heavy atom. The molecule has 0 bridgehead atoms. The number of benzene rings is 2. The zero-order chi connectivity index (χ0) is 23.9. The fourth-order valence-corrected chi connectivity index (χ4v) is 5.94. The van der Waals surface area contributed by atoms with Crippen LogP contribution in [0.3, 0.4) is 0 Å². The highest BCUT2D eigenvalue weighted by atomic mass is 32.1. The summed E-state index contributed by atoms with van der Waals surface area (Å²) < 4.78 is 1.03. The third-order valence-corrected chi connectivity index (χ3v) is 8.08. The van der Waals surface area contributed by atoms with Crippen LogP contribution in [0.15, 0.2) is 42.5 Å². The number of rotatable bonds is 6. The Morgan fingerprint density at radius 1 is 1.12 bits per heavy atom. The molecule has 2 fully saturated rings. The molecule has 4 amide bonds. The van der Waals surface area contributed by atoms with Crippen LogP contribution >= 0.6 is 11.3 Å². The second kappa shape index (κ2) is 8.83. The van der Waals surface area contributed by atoms with E-state index in [1.54, 1.807) is 4.90 Å². The first-order chi connectivity index (χ1) is 16.4. The van der Waals surface area contributed by atoms with E-state index in [2.05, 4.69) is 18.3 Å². The van der Waals surface area contributed by atoms with Gasteiger partial charge in [0.15, 0.2) is 5.13 Å². The van der Waals surface area contributed by atoms with Crippen molar-refractivity contribution < 1.29 is 14.4 Å². The summed E-state index contributed by atoms with van der Waals surface area (Å²) in [5, 5.41) is 3.51. The average Bonchev–Trinajstić information content (AvgIpc) is 3.53. The van der Waals surface area contributed by atoms with Crippen LogP contribution in [0.5, 0.6) is 0 Å². The summed E-state index contributed by atoms with van der Waals surface area (Å²) in [6.45, 7) is 4.54. The summed E-state index contributed by atoms with van der Waals surface area (Å²) in [5.41, 5.74) is 3.40. The van der Waals surface area contributed by atoms with Gasteiger partial charge in [-0.1, -0.05) is 60.6 Å². The molecule has 5 rings (SSSR count). The lowest BCUT2D eigenvalue weighted by Gasteiger charge is -2.22. The molecule has 8 heteroatoms. The number of fused-ring (bicyclic) bond motifs is 1. The van der Waals surface area contributed by atoms with Gasteiger partial charge in [-0.2, -0.15) is 0 Å². The number of anilines is 1. The van der Waals surface area contributed by atoms with Crippen molar-refractivity contribution >= 4 is 44.5 Å². The molecule has 0 radical (unpaired) electrons. The summed E-state index contributed by atoms with van der Waals surface area (Å²) in [6.07, 6.45) is 3.26. The number of thiazole rings is 1. The maximum absolute atomic E-state index is 13.5. The Balaban J connectivity index is 1.39. The number of aromatic nitrogens is 1. The zero-order valence-corrected chi connectivity index (χ0v) is 20.3. The van der Waals surface area contributed by atoms with Crippen molar-refractivity contribution in [3.05, 3.63) is 59.2 Å². The normalized spacial score (nSPS) is 17.1. The van der Waals surface area contributed by atoms with Crippen molar-refractivity contribution in [3.8, 4) is 0 Å². The van der Waals surface area contributed by atoms with Crippen LogP contribution in [0.4, 0.5) is 9.93 Å². The summed E-state index contributed by atoms with van der Waals surface area (Å²) >= 11 is 1.48. The van der Waals surface area contributed by atoms with E-state index in [0.717, 1.165) is 39.7 Å². The monoisotopic (exact) mass is 476 g/mol. The molecule has 1 saturated heterocycles. The van der Waals surface area contributed by atoms with Gasteiger partial charge in [0.2, 0.25) is 5.91 Å². The Kier molecular flexibility index (Phi) is 5.85. The minimum absolute atomic E-state index is 0.0516. The van der Waals surface area contributed by atoms with Crippen LogP contribution < -0.4 is 10.2 Å². The van der Waals surface area contributed by atoms with Crippen molar-refractivity contribution in [2.24, 2.45) is 0 Å². The van der Waals surface area contributed by atoms with Gasteiger partial charge >= 0.3 is 6.03 Å². The molecule has 1 aliphatic heterocycles. The first kappa shape index (κ1) is 22.5. The van der Waals surface area contributed by atoms with Gasteiger partial charge in [0.05, 0.1) is 16.8 Å². The highest BCUT2D eigenvalue weighted by molar-refractivity contribution is 7.22. The van der Waals surface area contributed by atoms with Gasteiger partial charge in [-0.3, -0.25) is 19.4 Å². The van der Waals surface area contributed by atoms with Crippen LogP contribution in [-0.4, -0.2) is 39.8 Å². The molecule has 34 heavy (non-hydrogen) atoms. The number of carbonyl (C=O) groups is 3. The van der Waals surface area contributed by atoms with Crippen molar-refractivity contribution in [1.82, 2.24) is 15.2 Å². The second-order valence-corrected chi connectivity index (χ2v) is 10.3. The fraction of sp³-hybridized carbons (Fsp3) is 0.385. The van der Waals surface area contributed by atoms with Gasteiger partial charge in [0.25, 0.3) is 5.91 Å². The van der Waals surface area contributed by atoms with E-state index >= 15 is 0 Å². The van der Waals surface area contributed by atoms with Crippen molar-refractivity contribution in [3.63, 3.8) is 0 Å². The molecular formula is C26H28N4O3S. The molecule has 7 nitrogen and oxygen atoms in total. The molecule has 2 aromatic carbocycles. The molecule has 1 saturated carbocycles. The summed E-state index contributed by atoms with van der Waals surface area (Å²) in [6, 6.07) is 13.5. The molecule has 0 atom stereocenters. The SMILES string of the molecule is Cc1ccc2sc(N(Cc3ccccc3)C(=O)CCN3C(=O)NC4(CCCC4)C3=O)nc2c1C. The molecule has 176 valence electrons. The van der Waals surface area contributed by atoms with E-state index in [1.807, 2.05) is 43.3 Å². The number of nitrogens with one attached hydrogen (secondary N) is 1. The zero-order valence-electron chi connectivity index (χ0n) is 19.5. The Morgan fingerprint density at radius 3 is 2.59 bits per heavy atom. The first-order valence-electron chi connectivity index (χ1n) is 11.7. The van der Waals surface area contributed by atoms with Crippen LogP contribution in [0.25, 0.3) is 10.2 Å². The number of hydrogen-bond donors (Lipinski definition) is 1. The Hall–Kier alpha value is -3.26. The Labute approximate surface area is 202 Å². The highest BCUT2D eigenvalue weighted by Gasteiger charge is 2.52. The van der Waals surface area contributed by atoms with E-state index < -0.39 is 5.54 Å². The minimum Gasteiger partial charge on any atom is -0.323 e. The van der Waals surface area contributed by atoms with Gasteiger partial charge in [-0.25, -0.2) is 9.78 Å². The van der Waals surface area contributed by atoms with Gasteiger partial charge in [-0.05, 0) is 49.4 Å². The van der Waals surface area contributed by atoms with E-state index in [1.165, 1.54) is 16.2 Å². The predicted molar refractivity (Wildman–Crippen MR) is 133 cm³/mol. The van der Waals surface area contributed by atoms with Crippen LogP contribution in [0, 0.1) is 13.8 Å². The summed E-state index contributed by atoms with van der Waals surface area (Å²) in [7, 11) is 0. The number of amides is 4. The van der Waals surface area contributed by atoms with Crippen molar-refractivity contribution in [2.45, 2.75) is 58.0 Å². The molecule has 0 unspecified atom stereocenters. The van der Waals surface area contributed by atoms with E-state index in [9.17, 15) is 14.4 Å². The molecule has 2 aliphatic rings. The topological polar surface area (TPSA) is 82.6 Å². The van der Waals surface area contributed by atoms with Crippen molar-refractivity contribution in [2.75, 3.05) is 11.4 Å². The summed E-state index contributed by atoms with van der Waals surface area (Å²) in [5.74, 6) is -0.353.